The molecule has 1 aromatic heterocycles. The van der Waals surface area contributed by atoms with Crippen LogP contribution in [0.2, 0.25) is 0 Å². The summed E-state index contributed by atoms with van der Waals surface area (Å²) in [5.74, 6) is 0.953. The van der Waals surface area contributed by atoms with Crippen LogP contribution < -0.4 is 4.74 Å². The highest BCUT2D eigenvalue weighted by atomic mass is 16.5. The number of fused-ring (bicyclic) bond motifs is 1. The number of aromatic nitrogens is 1. The predicted octanol–water partition coefficient (Wildman–Crippen LogP) is 4.37. The standard InChI is InChI=1S/C18H19NO/c1-13-8-9-17-15(10-13)11-16(19(17)3)12-20-18-7-5-4-6-14(18)2/h4-11H,12H2,1-3H3. The minimum atomic E-state index is 0.592. The second kappa shape index (κ2) is 5.04. The van der Waals surface area contributed by atoms with Gasteiger partial charge >= 0.3 is 0 Å². The molecule has 0 aliphatic heterocycles. The topological polar surface area (TPSA) is 14.2 Å². The molecule has 0 atom stereocenters. The molecule has 1 heterocycles. The number of hydrogen-bond donors (Lipinski definition) is 0. The lowest BCUT2D eigenvalue weighted by molar-refractivity contribution is 0.296. The van der Waals surface area contributed by atoms with Gasteiger partial charge in [0.15, 0.2) is 0 Å². The SMILES string of the molecule is Cc1ccc2c(c1)cc(COc1ccccc1C)n2C. The van der Waals surface area contributed by atoms with E-state index in [1.54, 1.807) is 0 Å². The zero-order chi connectivity index (χ0) is 14.1. The van der Waals surface area contributed by atoms with E-state index in [0.29, 0.717) is 6.61 Å². The molecule has 3 aromatic rings. The van der Waals surface area contributed by atoms with Gasteiger partial charge in [-0.25, -0.2) is 0 Å². The molecule has 0 amide bonds. The fraction of sp³-hybridized carbons (Fsp3) is 0.222. The van der Waals surface area contributed by atoms with E-state index in [9.17, 15) is 0 Å². The van der Waals surface area contributed by atoms with Crippen molar-refractivity contribution in [1.82, 2.24) is 4.57 Å². The summed E-state index contributed by atoms with van der Waals surface area (Å²) in [7, 11) is 2.09. The minimum absolute atomic E-state index is 0.592. The third kappa shape index (κ3) is 2.29. The second-order valence-electron chi connectivity index (χ2n) is 5.31. The lowest BCUT2D eigenvalue weighted by Gasteiger charge is -2.09. The Morgan fingerprint density at radius 3 is 2.60 bits per heavy atom. The molecule has 0 N–H and O–H groups in total. The van der Waals surface area contributed by atoms with Crippen LogP contribution in [0.25, 0.3) is 10.9 Å². The predicted molar refractivity (Wildman–Crippen MR) is 83.2 cm³/mol. The summed E-state index contributed by atoms with van der Waals surface area (Å²) in [6, 6.07) is 16.9. The monoisotopic (exact) mass is 265 g/mol. The van der Waals surface area contributed by atoms with E-state index >= 15 is 0 Å². The zero-order valence-electron chi connectivity index (χ0n) is 12.2. The van der Waals surface area contributed by atoms with Crippen LogP contribution in [0.4, 0.5) is 0 Å². The van der Waals surface area contributed by atoms with Gasteiger partial charge in [-0.2, -0.15) is 0 Å². The van der Waals surface area contributed by atoms with Gasteiger partial charge in [0.1, 0.15) is 12.4 Å². The number of nitrogens with zero attached hydrogens (tertiary/aromatic N) is 1. The number of rotatable bonds is 3. The Morgan fingerprint density at radius 2 is 1.80 bits per heavy atom. The molecule has 102 valence electrons. The maximum atomic E-state index is 5.94. The van der Waals surface area contributed by atoms with E-state index in [1.807, 2.05) is 18.2 Å². The number of para-hydroxylation sites is 1. The quantitative estimate of drug-likeness (QED) is 0.685. The lowest BCUT2D eigenvalue weighted by Crippen LogP contribution is -2.02. The average molecular weight is 265 g/mol. The van der Waals surface area contributed by atoms with Crippen molar-refractivity contribution < 1.29 is 4.74 Å². The van der Waals surface area contributed by atoms with Crippen molar-refractivity contribution in [2.24, 2.45) is 7.05 Å². The number of aryl methyl sites for hydroxylation is 3. The van der Waals surface area contributed by atoms with Crippen LogP contribution in [0, 0.1) is 13.8 Å². The summed E-state index contributed by atoms with van der Waals surface area (Å²) in [6.07, 6.45) is 0. The molecule has 0 fully saturated rings. The Morgan fingerprint density at radius 1 is 1.00 bits per heavy atom. The Balaban J connectivity index is 1.88. The molecule has 2 heteroatoms. The first kappa shape index (κ1) is 12.8. The van der Waals surface area contributed by atoms with Gasteiger partial charge in [0.2, 0.25) is 0 Å². The molecule has 0 aliphatic carbocycles. The molecular weight excluding hydrogens is 246 g/mol. The van der Waals surface area contributed by atoms with Crippen LogP contribution in [0.5, 0.6) is 5.75 Å². The van der Waals surface area contributed by atoms with Crippen molar-refractivity contribution >= 4 is 10.9 Å². The van der Waals surface area contributed by atoms with Crippen molar-refractivity contribution in [3.05, 3.63) is 65.4 Å². The summed E-state index contributed by atoms with van der Waals surface area (Å²) < 4.78 is 8.14. The molecule has 0 spiro atoms. The molecule has 0 aliphatic rings. The zero-order valence-corrected chi connectivity index (χ0v) is 12.2. The normalized spacial score (nSPS) is 10.9. The molecule has 3 rings (SSSR count). The highest BCUT2D eigenvalue weighted by molar-refractivity contribution is 5.82. The Kier molecular flexibility index (Phi) is 3.23. The molecule has 2 nitrogen and oxygen atoms in total. The first-order valence-corrected chi connectivity index (χ1v) is 6.88. The maximum Gasteiger partial charge on any atom is 0.128 e. The Hall–Kier alpha value is -2.22. The van der Waals surface area contributed by atoms with Crippen LogP contribution in [-0.2, 0) is 13.7 Å². The summed E-state index contributed by atoms with van der Waals surface area (Å²) in [6.45, 7) is 4.78. The number of benzene rings is 2. The van der Waals surface area contributed by atoms with E-state index in [2.05, 4.69) is 55.8 Å². The smallest absolute Gasteiger partial charge is 0.128 e. The third-order valence-electron chi connectivity index (χ3n) is 3.77. The van der Waals surface area contributed by atoms with Gasteiger partial charge < -0.3 is 9.30 Å². The molecule has 0 radical (unpaired) electrons. The highest BCUT2D eigenvalue weighted by Crippen LogP contribution is 2.22. The second-order valence-corrected chi connectivity index (χ2v) is 5.31. The molecule has 0 saturated carbocycles. The fourth-order valence-corrected chi connectivity index (χ4v) is 2.53. The van der Waals surface area contributed by atoms with E-state index in [0.717, 1.165) is 5.75 Å². The van der Waals surface area contributed by atoms with Crippen LogP contribution in [0.1, 0.15) is 16.8 Å². The van der Waals surface area contributed by atoms with Gasteiger partial charge in [-0.1, -0.05) is 29.8 Å². The Labute approximate surface area is 119 Å². The summed E-state index contributed by atoms with van der Waals surface area (Å²) >= 11 is 0. The van der Waals surface area contributed by atoms with Crippen molar-refractivity contribution in [2.75, 3.05) is 0 Å². The molecule has 0 unspecified atom stereocenters. The summed E-state index contributed by atoms with van der Waals surface area (Å²) in [5, 5.41) is 1.27. The lowest BCUT2D eigenvalue weighted by atomic mass is 10.2. The van der Waals surface area contributed by atoms with Crippen LogP contribution in [-0.4, -0.2) is 4.57 Å². The summed E-state index contributed by atoms with van der Waals surface area (Å²) in [5.41, 5.74) is 4.89. The largest absolute Gasteiger partial charge is 0.487 e. The highest BCUT2D eigenvalue weighted by Gasteiger charge is 2.07. The van der Waals surface area contributed by atoms with Gasteiger partial charge in [-0.15, -0.1) is 0 Å². The van der Waals surface area contributed by atoms with Crippen molar-refractivity contribution in [3.63, 3.8) is 0 Å². The van der Waals surface area contributed by atoms with Crippen molar-refractivity contribution in [1.29, 1.82) is 0 Å². The van der Waals surface area contributed by atoms with Crippen LogP contribution >= 0.6 is 0 Å². The number of ether oxygens (including phenoxy) is 1. The summed E-state index contributed by atoms with van der Waals surface area (Å²) in [4.78, 5) is 0. The first-order chi connectivity index (χ1) is 9.65. The Bertz CT molecular complexity index is 755. The van der Waals surface area contributed by atoms with Gasteiger partial charge in [0.05, 0.1) is 5.69 Å². The minimum Gasteiger partial charge on any atom is -0.487 e. The van der Waals surface area contributed by atoms with Crippen molar-refractivity contribution in [3.8, 4) is 5.75 Å². The van der Waals surface area contributed by atoms with Crippen molar-refractivity contribution in [2.45, 2.75) is 20.5 Å². The first-order valence-electron chi connectivity index (χ1n) is 6.88. The fourth-order valence-electron chi connectivity index (χ4n) is 2.53. The van der Waals surface area contributed by atoms with Gasteiger partial charge in [0.25, 0.3) is 0 Å². The molecule has 2 aromatic carbocycles. The van der Waals surface area contributed by atoms with Gasteiger partial charge in [-0.3, -0.25) is 0 Å². The van der Waals surface area contributed by atoms with E-state index in [1.165, 1.54) is 27.7 Å². The van der Waals surface area contributed by atoms with E-state index < -0.39 is 0 Å². The van der Waals surface area contributed by atoms with Gasteiger partial charge in [0, 0.05) is 18.0 Å². The van der Waals surface area contributed by atoms with E-state index in [4.69, 9.17) is 4.74 Å². The third-order valence-corrected chi connectivity index (χ3v) is 3.77. The molecule has 0 bridgehead atoms. The molecule has 20 heavy (non-hydrogen) atoms. The van der Waals surface area contributed by atoms with E-state index in [-0.39, 0.29) is 0 Å². The van der Waals surface area contributed by atoms with Crippen LogP contribution in [0.3, 0.4) is 0 Å². The maximum absolute atomic E-state index is 5.94. The molecular formula is C18H19NO. The number of hydrogen-bond acceptors (Lipinski definition) is 1. The van der Waals surface area contributed by atoms with Crippen LogP contribution in [0.15, 0.2) is 48.5 Å². The molecule has 0 saturated heterocycles. The average Bonchev–Trinajstić information content (AvgIpc) is 2.74. The van der Waals surface area contributed by atoms with Gasteiger partial charge in [-0.05, 0) is 43.7 Å².